The van der Waals surface area contributed by atoms with Crippen LogP contribution >= 0.6 is 0 Å². The Bertz CT molecular complexity index is 670. The molecule has 0 saturated heterocycles. The number of nitrogens with zero attached hydrogens (tertiary/aromatic N) is 1. The van der Waals surface area contributed by atoms with Crippen molar-refractivity contribution in [1.82, 2.24) is 4.90 Å². The molecule has 0 aromatic heterocycles. The van der Waals surface area contributed by atoms with E-state index in [1.54, 1.807) is 12.1 Å². The molecular formula is C17H18F2N2. The number of hydrogen-bond donors (Lipinski definition) is 1. The van der Waals surface area contributed by atoms with Gasteiger partial charge in [-0.25, -0.2) is 8.78 Å². The minimum absolute atomic E-state index is 0.187. The summed E-state index contributed by atoms with van der Waals surface area (Å²) in [5, 5.41) is 0. The minimum Gasteiger partial charge on any atom is -0.398 e. The van der Waals surface area contributed by atoms with Crippen LogP contribution in [0.3, 0.4) is 0 Å². The van der Waals surface area contributed by atoms with E-state index in [1.807, 2.05) is 19.1 Å². The molecule has 2 aromatic carbocycles. The van der Waals surface area contributed by atoms with Crippen LogP contribution in [0.4, 0.5) is 14.5 Å². The van der Waals surface area contributed by atoms with Crippen molar-refractivity contribution in [2.75, 3.05) is 12.3 Å². The second-order valence-electron chi connectivity index (χ2n) is 5.52. The van der Waals surface area contributed by atoms with Crippen molar-refractivity contribution >= 4 is 5.69 Å². The van der Waals surface area contributed by atoms with Crippen molar-refractivity contribution in [1.29, 1.82) is 0 Å². The van der Waals surface area contributed by atoms with Crippen molar-refractivity contribution in [2.24, 2.45) is 0 Å². The molecule has 3 rings (SSSR count). The van der Waals surface area contributed by atoms with E-state index in [2.05, 4.69) is 11.0 Å². The van der Waals surface area contributed by atoms with Gasteiger partial charge in [0.25, 0.3) is 0 Å². The predicted molar refractivity (Wildman–Crippen MR) is 79.7 cm³/mol. The van der Waals surface area contributed by atoms with Gasteiger partial charge in [-0.3, -0.25) is 4.90 Å². The Morgan fingerprint density at radius 3 is 2.71 bits per heavy atom. The van der Waals surface area contributed by atoms with Gasteiger partial charge >= 0.3 is 0 Å². The van der Waals surface area contributed by atoms with Gasteiger partial charge in [0.05, 0.1) is 0 Å². The fourth-order valence-corrected chi connectivity index (χ4v) is 3.00. The normalized spacial score (nSPS) is 16.5. The molecule has 4 heteroatoms. The third-order valence-corrected chi connectivity index (χ3v) is 4.32. The first-order chi connectivity index (χ1) is 10.1. The molecule has 2 nitrogen and oxygen atoms in total. The van der Waals surface area contributed by atoms with Crippen molar-refractivity contribution in [3.8, 4) is 0 Å². The lowest BCUT2D eigenvalue weighted by Gasteiger charge is -2.34. The summed E-state index contributed by atoms with van der Waals surface area (Å²) in [5.41, 5.74) is 9.55. The number of nitrogens with two attached hydrogens (primary N) is 1. The summed E-state index contributed by atoms with van der Waals surface area (Å²) in [7, 11) is 0. The van der Waals surface area contributed by atoms with Gasteiger partial charge in [0.1, 0.15) is 0 Å². The first kappa shape index (κ1) is 14.0. The summed E-state index contributed by atoms with van der Waals surface area (Å²) < 4.78 is 27.4. The Hall–Kier alpha value is -1.94. The zero-order valence-electron chi connectivity index (χ0n) is 11.9. The number of fused-ring (bicyclic) bond motifs is 1. The molecule has 1 unspecified atom stereocenters. The van der Waals surface area contributed by atoms with Crippen molar-refractivity contribution in [3.63, 3.8) is 0 Å². The van der Waals surface area contributed by atoms with E-state index in [0.29, 0.717) is 12.1 Å². The highest BCUT2D eigenvalue weighted by Crippen LogP contribution is 2.31. The standard InChI is InChI=1S/C17H18F2N2/c1-11(13-5-3-6-15(18)17(13)19)21-9-8-12-4-2-7-16(20)14(12)10-21/h2-7,11H,8-10,20H2,1H3. The quantitative estimate of drug-likeness (QED) is 0.854. The molecule has 0 spiro atoms. The maximum Gasteiger partial charge on any atom is 0.163 e. The van der Waals surface area contributed by atoms with Crippen LogP contribution in [-0.4, -0.2) is 11.4 Å². The summed E-state index contributed by atoms with van der Waals surface area (Å²) in [4.78, 5) is 2.14. The van der Waals surface area contributed by atoms with Crippen LogP contribution in [0, 0.1) is 11.6 Å². The number of halogens is 2. The van der Waals surface area contributed by atoms with E-state index in [-0.39, 0.29) is 6.04 Å². The van der Waals surface area contributed by atoms with E-state index in [4.69, 9.17) is 5.73 Å². The maximum absolute atomic E-state index is 14.0. The molecule has 1 aliphatic heterocycles. The topological polar surface area (TPSA) is 29.3 Å². The highest BCUT2D eigenvalue weighted by atomic mass is 19.2. The maximum atomic E-state index is 14.0. The van der Waals surface area contributed by atoms with Gasteiger partial charge in [-0.05, 0) is 36.6 Å². The van der Waals surface area contributed by atoms with Crippen LogP contribution in [0.5, 0.6) is 0 Å². The van der Waals surface area contributed by atoms with E-state index < -0.39 is 11.6 Å². The highest BCUT2D eigenvalue weighted by molar-refractivity contribution is 5.51. The zero-order chi connectivity index (χ0) is 15.0. The number of benzene rings is 2. The molecular weight excluding hydrogens is 270 g/mol. The fraction of sp³-hybridized carbons (Fsp3) is 0.294. The third kappa shape index (κ3) is 2.51. The van der Waals surface area contributed by atoms with Crippen LogP contribution in [0.2, 0.25) is 0 Å². The molecule has 0 amide bonds. The molecule has 0 saturated carbocycles. The van der Waals surface area contributed by atoms with E-state index in [0.717, 1.165) is 30.3 Å². The smallest absolute Gasteiger partial charge is 0.163 e. The van der Waals surface area contributed by atoms with Gasteiger partial charge < -0.3 is 5.73 Å². The molecule has 2 aromatic rings. The van der Waals surface area contributed by atoms with Crippen LogP contribution in [0.25, 0.3) is 0 Å². The van der Waals surface area contributed by atoms with Crippen LogP contribution in [0.15, 0.2) is 36.4 Å². The summed E-state index contributed by atoms with van der Waals surface area (Å²) in [6.07, 6.45) is 0.877. The van der Waals surface area contributed by atoms with Gasteiger partial charge in [0.2, 0.25) is 0 Å². The lowest BCUT2D eigenvalue weighted by atomic mass is 9.95. The molecule has 21 heavy (non-hydrogen) atoms. The lowest BCUT2D eigenvalue weighted by molar-refractivity contribution is 0.188. The zero-order valence-corrected chi connectivity index (χ0v) is 11.9. The lowest BCUT2D eigenvalue weighted by Crippen LogP contribution is -2.33. The number of anilines is 1. The van der Waals surface area contributed by atoms with Crippen LogP contribution < -0.4 is 5.73 Å². The third-order valence-electron chi connectivity index (χ3n) is 4.32. The van der Waals surface area contributed by atoms with Crippen molar-refractivity contribution < 1.29 is 8.78 Å². The number of nitrogen functional groups attached to an aromatic ring is 1. The van der Waals surface area contributed by atoms with Crippen LogP contribution in [-0.2, 0) is 13.0 Å². The average molecular weight is 288 g/mol. The summed E-state index contributed by atoms with van der Waals surface area (Å²) >= 11 is 0. The highest BCUT2D eigenvalue weighted by Gasteiger charge is 2.25. The Balaban J connectivity index is 1.89. The Morgan fingerprint density at radius 2 is 1.90 bits per heavy atom. The van der Waals surface area contributed by atoms with Crippen molar-refractivity contribution in [3.05, 3.63) is 64.7 Å². The first-order valence-corrected chi connectivity index (χ1v) is 7.12. The second-order valence-corrected chi connectivity index (χ2v) is 5.52. The molecule has 1 aliphatic rings. The molecule has 0 radical (unpaired) electrons. The van der Waals surface area contributed by atoms with Crippen LogP contribution in [0.1, 0.15) is 29.7 Å². The van der Waals surface area contributed by atoms with Gasteiger partial charge in [-0.2, -0.15) is 0 Å². The molecule has 2 N–H and O–H groups in total. The SMILES string of the molecule is CC(c1cccc(F)c1F)N1CCc2cccc(N)c2C1. The Labute approximate surface area is 123 Å². The monoisotopic (exact) mass is 288 g/mol. The van der Waals surface area contributed by atoms with Crippen molar-refractivity contribution in [2.45, 2.75) is 25.9 Å². The van der Waals surface area contributed by atoms with Gasteiger partial charge in [0.15, 0.2) is 11.6 Å². The summed E-state index contributed by atoms with van der Waals surface area (Å²) in [6, 6.07) is 10.1. The molecule has 0 bridgehead atoms. The molecule has 1 atom stereocenters. The number of rotatable bonds is 2. The summed E-state index contributed by atoms with van der Waals surface area (Å²) in [5.74, 6) is -1.55. The van der Waals surface area contributed by atoms with Gasteiger partial charge in [-0.1, -0.05) is 24.3 Å². The molecule has 0 aliphatic carbocycles. The average Bonchev–Trinajstić information content (AvgIpc) is 2.49. The molecule has 110 valence electrons. The second kappa shape index (κ2) is 5.45. The van der Waals surface area contributed by atoms with E-state index in [9.17, 15) is 8.78 Å². The Morgan fingerprint density at radius 1 is 1.14 bits per heavy atom. The van der Waals surface area contributed by atoms with Gasteiger partial charge in [0, 0.05) is 30.4 Å². The Kier molecular flexibility index (Phi) is 3.64. The minimum atomic E-state index is -0.795. The molecule has 0 fully saturated rings. The predicted octanol–water partition coefficient (Wildman–Crippen LogP) is 3.67. The number of hydrogen-bond acceptors (Lipinski definition) is 2. The largest absolute Gasteiger partial charge is 0.398 e. The first-order valence-electron chi connectivity index (χ1n) is 7.12. The van der Waals surface area contributed by atoms with Gasteiger partial charge in [-0.15, -0.1) is 0 Å². The molecule has 1 heterocycles. The van der Waals surface area contributed by atoms with E-state index in [1.165, 1.54) is 5.56 Å². The fourth-order valence-electron chi connectivity index (χ4n) is 3.00. The van der Waals surface area contributed by atoms with E-state index >= 15 is 0 Å². The summed E-state index contributed by atoms with van der Waals surface area (Å²) in [6.45, 7) is 3.38.